The molecule has 32 heavy (non-hydrogen) atoms. The number of aliphatic hydroxyl groups is 1. The monoisotopic (exact) mass is 444 g/mol. The zero-order chi connectivity index (χ0) is 22.7. The topological polar surface area (TPSA) is 55.8 Å². The van der Waals surface area contributed by atoms with Crippen LogP contribution < -0.4 is 0 Å². The first-order valence-corrected chi connectivity index (χ1v) is 13.3. The van der Waals surface area contributed by atoms with E-state index in [1.807, 2.05) is 13.0 Å². The van der Waals surface area contributed by atoms with Gasteiger partial charge in [0.1, 0.15) is 5.78 Å². The molecule has 178 valence electrons. The summed E-state index contributed by atoms with van der Waals surface area (Å²) in [6, 6.07) is 0. The Labute approximate surface area is 193 Å². The molecular formula is C28H42O4. The van der Waals surface area contributed by atoms with E-state index in [-0.39, 0.29) is 22.9 Å². The maximum Gasteiger partial charge on any atom is 0.171 e. The molecule has 0 radical (unpaired) electrons. The first-order chi connectivity index (χ1) is 15.0. The lowest BCUT2D eigenvalue weighted by Gasteiger charge is -2.59. The number of hydrogen-bond acceptors (Lipinski definition) is 4. The van der Waals surface area contributed by atoms with Gasteiger partial charge in [0, 0.05) is 24.7 Å². The Bertz CT molecular complexity index is 838. The van der Waals surface area contributed by atoms with Crippen molar-refractivity contribution in [2.45, 2.75) is 97.1 Å². The summed E-state index contributed by atoms with van der Waals surface area (Å²) in [5, 5.41) is 10.7. The summed E-state index contributed by atoms with van der Waals surface area (Å²) in [5.41, 5.74) is -0.828. The van der Waals surface area contributed by atoms with Crippen molar-refractivity contribution in [3.63, 3.8) is 0 Å². The lowest BCUT2D eigenvalue weighted by atomic mass is 9.45. The van der Waals surface area contributed by atoms with Crippen molar-refractivity contribution in [2.24, 2.45) is 52.3 Å². The highest BCUT2D eigenvalue weighted by Gasteiger charge is 2.70. The summed E-state index contributed by atoms with van der Waals surface area (Å²) >= 11 is 0. The lowest BCUT2D eigenvalue weighted by molar-refractivity contribution is -0.272. The first kappa shape index (κ1) is 21.8. The van der Waals surface area contributed by atoms with E-state index in [1.54, 1.807) is 0 Å². The minimum absolute atomic E-state index is 0.0192. The molecule has 4 heteroatoms. The quantitative estimate of drug-likeness (QED) is 0.526. The Morgan fingerprint density at radius 3 is 2.66 bits per heavy atom. The molecule has 1 unspecified atom stereocenters. The highest BCUT2D eigenvalue weighted by molar-refractivity contribution is 5.84. The van der Waals surface area contributed by atoms with Crippen LogP contribution in [0.4, 0.5) is 0 Å². The maximum atomic E-state index is 13.9. The van der Waals surface area contributed by atoms with Crippen LogP contribution >= 0.6 is 0 Å². The van der Waals surface area contributed by atoms with Gasteiger partial charge in [-0.3, -0.25) is 4.79 Å². The van der Waals surface area contributed by atoms with Crippen LogP contribution in [0, 0.1) is 52.3 Å². The predicted octanol–water partition coefficient (Wildman–Crippen LogP) is 5.14. The van der Waals surface area contributed by atoms with Crippen molar-refractivity contribution < 1.29 is 19.4 Å². The Hall–Kier alpha value is -0.710. The number of Topliss-reactive ketones (excluding diaryl/α,β-unsaturated/α-hetero) is 1. The SMILES string of the molecule is C[C@@H]1CC[C@@]2(OC1)O[C@H]1C[C@H]3[C@@H]4CC[C@H]5CC([14CH3])(O)C=C[C@]5(C)[C@H]4C(=O)C[C@]3(C)[C@H]1[C@@H]2C. The minimum Gasteiger partial charge on any atom is -0.386 e. The van der Waals surface area contributed by atoms with Gasteiger partial charge in [0.15, 0.2) is 5.79 Å². The smallest absolute Gasteiger partial charge is 0.171 e. The fourth-order valence-corrected chi connectivity index (χ4v) is 9.82. The summed E-state index contributed by atoms with van der Waals surface area (Å²) in [4.78, 5) is 13.9. The molecule has 6 aliphatic rings. The standard InChI is InChI=1S/C28H42O4/c1-16-8-9-28(31-15-16)17(2)23-22(32-28)12-20-19-7-6-18-13-25(3,30)10-11-26(18,4)24(19)21(29)14-27(20,23)5/h10-11,16-20,22-24,30H,6-9,12-15H2,1-5H3/t16-,17+,18+,19+,20+,22+,23+,24-,25?,26+,27+,28-/m1/s1/i3+2. The molecule has 1 N–H and O–H groups in total. The second-order valence-corrected chi connectivity index (χ2v) is 13.4. The molecule has 0 amide bonds. The van der Waals surface area contributed by atoms with Gasteiger partial charge in [0.05, 0.1) is 18.3 Å². The number of ketones is 1. The molecule has 0 bridgehead atoms. The summed E-state index contributed by atoms with van der Waals surface area (Å²) in [5.74, 6) is 2.91. The Morgan fingerprint density at radius 1 is 1.16 bits per heavy atom. The van der Waals surface area contributed by atoms with Gasteiger partial charge in [0.2, 0.25) is 0 Å². The second kappa shape index (κ2) is 6.70. The van der Waals surface area contributed by atoms with Crippen LogP contribution in [0.1, 0.15) is 79.6 Å². The van der Waals surface area contributed by atoms with Crippen molar-refractivity contribution >= 4 is 5.78 Å². The molecule has 2 saturated heterocycles. The van der Waals surface area contributed by atoms with Crippen LogP contribution in [-0.2, 0) is 14.3 Å². The van der Waals surface area contributed by atoms with E-state index in [1.165, 1.54) is 6.42 Å². The summed E-state index contributed by atoms with van der Waals surface area (Å²) < 4.78 is 13.2. The zero-order valence-corrected chi connectivity index (χ0v) is 20.6. The van der Waals surface area contributed by atoms with Crippen LogP contribution in [0.25, 0.3) is 0 Å². The van der Waals surface area contributed by atoms with E-state index < -0.39 is 11.4 Å². The number of carbonyl (C=O) groups excluding carboxylic acids is 1. The number of carbonyl (C=O) groups is 1. The molecule has 4 aliphatic carbocycles. The molecular weight excluding hydrogens is 402 g/mol. The zero-order valence-electron chi connectivity index (χ0n) is 20.6. The fourth-order valence-electron chi connectivity index (χ4n) is 9.82. The van der Waals surface area contributed by atoms with E-state index in [2.05, 4.69) is 33.8 Å². The van der Waals surface area contributed by atoms with E-state index in [9.17, 15) is 9.90 Å². The molecule has 12 atom stereocenters. The maximum absolute atomic E-state index is 13.9. The largest absolute Gasteiger partial charge is 0.386 e. The average Bonchev–Trinajstić information content (AvgIpc) is 3.15. The summed E-state index contributed by atoms with van der Waals surface area (Å²) in [6.07, 6.45) is 11.4. The Morgan fingerprint density at radius 2 is 1.94 bits per heavy atom. The highest BCUT2D eigenvalue weighted by atomic mass is 16.7. The molecule has 1 spiro atoms. The van der Waals surface area contributed by atoms with Gasteiger partial charge in [0.25, 0.3) is 0 Å². The third-order valence-electron chi connectivity index (χ3n) is 11.4. The van der Waals surface area contributed by atoms with Crippen LogP contribution in [0.3, 0.4) is 0 Å². The number of ether oxygens (including phenoxy) is 2. The first-order valence-electron chi connectivity index (χ1n) is 13.3. The van der Waals surface area contributed by atoms with Gasteiger partial charge in [-0.15, -0.1) is 0 Å². The molecule has 5 fully saturated rings. The van der Waals surface area contributed by atoms with Crippen LogP contribution in [0.15, 0.2) is 12.2 Å². The minimum atomic E-state index is -0.733. The van der Waals surface area contributed by atoms with Crippen molar-refractivity contribution in [3.05, 3.63) is 12.2 Å². The van der Waals surface area contributed by atoms with Gasteiger partial charge >= 0.3 is 0 Å². The molecule has 0 aromatic carbocycles. The van der Waals surface area contributed by atoms with Crippen molar-refractivity contribution in [1.82, 2.24) is 0 Å². The number of allylic oxidation sites excluding steroid dienone is 1. The number of hydrogen-bond donors (Lipinski definition) is 1. The number of fused-ring (bicyclic) bond motifs is 7. The molecule has 4 nitrogen and oxygen atoms in total. The van der Waals surface area contributed by atoms with E-state index in [0.29, 0.717) is 47.7 Å². The third kappa shape index (κ3) is 2.75. The van der Waals surface area contributed by atoms with Crippen molar-refractivity contribution in [2.75, 3.05) is 6.61 Å². The second-order valence-electron chi connectivity index (χ2n) is 13.4. The normalized spacial score (nSPS) is 61.2. The van der Waals surface area contributed by atoms with Crippen LogP contribution in [-0.4, -0.2) is 35.0 Å². The van der Waals surface area contributed by atoms with Crippen molar-refractivity contribution in [3.8, 4) is 0 Å². The van der Waals surface area contributed by atoms with Gasteiger partial charge in [-0.2, -0.15) is 0 Å². The van der Waals surface area contributed by atoms with Gasteiger partial charge in [-0.05, 0) is 79.4 Å². The molecule has 3 saturated carbocycles. The van der Waals surface area contributed by atoms with Crippen molar-refractivity contribution in [1.29, 1.82) is 0 Å². The molecule has 0 aromatic heterocycles. The molecule has 2 heterocycles. The van der Waals surface area contributed by atoms with Gasteiger partial charge in [-0.1, -0.05) is 39.8 Å². The third-order valence-corrected chi connectivity index (χ3v) is 11.4. The van der Waals surface area contributed by atoms with E-state index in [0.717, 1.165) is 38.7 Å². The predicted molar refractivity (Wildman–Crippen MR) is 123 cm³/mol. The van der Waals surface area contributed by atoms with Crippen LogP contribution in [0.2, 0.25) is 0 Å². The lowest BCUT2D eigenvalue weighted by Crippen LogP contribution is -2.58. The molecule has 0 aromatic rings. The highest BCUT2D eigenvalue weighted by Crippen LogP contribution is 2.70. The summed E-state index contributed by atoms with van der Waals surface area (Å²) in [6.45, 7) is 12.0. The Balaban J connectivity index is 1.31. The van der Waals surface area contributed by atoms with Gasteiger partial charge in [-0.25, -0.2) is 0 Å². The van der Waals surface area contributed by atoms with Gasteiger partial charge < -0.3 is 14.6 Å². The fraction of sp³-hybridized carbons (Fsp3) is 0.893. The molecule has 2 aliphatic heterocycles. The Kier molecular flexibility index (Phi) is 4.56. The van der Waals surface area contributed by atoms with E-state index in [4.69, 9.17) is 9.47 Å². The number of rotatable bonds is 0. The average molecular weight is 445 g/mol. The molecule has 6 rings (SSSR count). The summed E-state index contributed by atoms with van der Waals surface area (Å²) in [7, 11) is 0. The van der Waals surface area contributed by atoms with E-state index >= 15 is 0 Å². The van der Waals surface area contributed by atoms with Crippen LogP contribution in [0.5, 0.6) is 0 Å².